The van der Waals surface area contributed by atoms with Crippen LogP contribution in [-0.4, -0.2) is 37.2 Å². The van der Waals surface area contributed by atoms with Gasteiger partial charge in [0.2, 0.25) is 0 Å². The van der Waals surface area contributed by atoms with E-state index in [0.717, 1.165) is 6.08 Å². The fourth-order valence-electron chi connectivity index (χ4n) is 2.10. The molecule has 3 amide bonds. The number of nitrogens with one attached hydrogen (secondary N) is 1. The zero-order valence-electron chi connectivity index (χ0n) is 15.6. The molecule has 0 fully saturated rings. The van der Waals surface area contributed by atoms with E-state index in [1.165, 1.54) is 24.3 Å². The average Bonchev–Trinajstić information content (AvgIpc) is 2.58. The standard InChI is InChI=1S/C18H22F2N2O6/c1-4-26-13-9-11(5-7-12(13)27-17(19)20)6-8-14(23)28-15(10(2)3)16(24)22-18(21)25/h5-10,15,17H,4H2,1-3H3,(H3,21,22,24,25)/b8-6+/t15-/m1/s1. The molecule has 1 aromatic rings. The number of carbonyl (C=O) groups excluding carboxylic acids is 3. The van der Waals surface area contributed by atoms with Crippen LogP contribution in [0, 0.1) is 5.92 Å². The molecule has 10 heteroatoms. The van der Waals surface area contributed by atoms with Crippen LogP contribution in [0.3, 0.4) is 0 Å². The molecule has 1 rings (SSSR count). The smallest absolute Gasteiger partial charge is 0.387 e. The monoisotopic (exact) mass is 400 g/mol. The molecule has 154 valence electrons. The topological polar surface area (TPSA) is 117 Å². The lowest BCUT2D eigenvalue weighted by Crippen LogP contribution is -2.45. The summed E-state index contributed by atoms with van der Waals surface area (Å²) < 4.78 is 39.5. The summed E-state index contributed by atoms with van der Waals surface area (Å²) >= 11 is 0. The van der Waals surface area contributed by atoms with Crippen molar-refractivity contribution in [3.8, 4) is 11.5 Å². The second kappa shape index (κ2) is 10.9. The Morgan fingerprint density at radius 1 is 1.21 bits per heavy atom. The van der Waals surface area contributed by atoms with Crippen molar-refractivity contribution in [2.45, 2.75) is 33.5 Å². The normalized spacial score (nSPS) is 12.1. The second-order valence-electron chi connectivity index (χ2n) is 5.81. The second-order valence-corrected chi connectivity index (χ2v) is 5.81. The van der Waals surface area contributed by atoms with Crippen LogP contribution in [-0.2, 0) is 14.3 Å². The van der Waals surface area contributed by atoms with Gasteiger partial charge in [-0.25, -0.2) is 9.59 Å². The van der Waals surface area contributed by atoms with Crippen molar-refractivity contribution in [2.24, 2.45) is 11.7 Å². The number of hydrogen-bond donors (Lipinski definition) is 2. The molecule has 0 radical (unpaired) electrons. The van der Waals surface area contributed by atoms with Crippen molar-refractivity contribution >= 4 is 24.0 Å². The van der Waals surface area contributed by atoms with E-state index < -0.39 is 36.5 Å². The van der Waals surface area contributed by atoms with Crippen molar-refractivity contribution in [1.29, 1.82) is 0 Å². The molecule has 0 aliphatic heterocycles. The summed E-state index contributed by atoms with van der Waals surface area (Å²) in [7, 11) is 0. The number of carbonyl (C=O) groups is 3. The minimum absolute atomic E-state index is 0.0826. The fraction of sp³-hybridized carbons (Fsp3) is 0.389. The predicted molar refractivity (Wildman–Crippen MR) is 95.7 cm³/mol. The number of hydrogen-bond acceptors (Lipinski definition) is 6. The molecule has 28 heavy (non-hydrogen) atoms. The van der Waals surface area contributed by atoms with Crippen LogP contribution in [0.25, 0.3) is 6.08 Å². The SMILES string of the molecule is CCOc1cc(/C=C/C(=O)O[C@@H](C(=O)NC(N)=O)C(C)C)ccc1OC(F)F. The van der Waals surface area contributed by atoms with Crippen LogP contribution in [0.4, 0.5) is 13.6 Å². The summed E-state index contributed by atoms with van der Waals surface area (Å²) in [6.07, 6.45) is 1.18. The molecule has 0 aromatic heterocycles. The highest BCUT2D eigenvalue weighted by Crippen LogP contribution is 2.30. The van der Waals surface area contributed by atoms with Crippen molar-refractivity contribution < 1.29 is 37.4 Å². The first-order chi connectivity index (χ1) is 13.1. The number of nitrogens with two attached hydrogens (primary N) is 1. The Bertz CT molecular complexity index is 737. The van der Waals surface area contributed by atoms with E-state index in [1.807, 2.05) is 5.32 Å². The predicted octanol–water partition coefficient (Wildman–Crippen LogP) is 2.46. The van der Waals surface area contributed by atoms with E-state index in [2.05, 4.69) is 4.74 Å². The highest BCUT2D eigenvalue weighted by atomic mass is 19.3. The third-order valence-electron chi connectivity index (χ3n) is 3.25. The molecule has 0 bridgehead atoms. The Kier molecular flexibility index (Phi) is 8.86. The Labute approximate surface area is 160 Å². The Morgan fingerprint density at radius 3 is 2.43 bits per heavy atom. The Hall–Kier alpha value is -3.17. The van der Waals surface area contributed by atoms with Gasteiger partial charge >= 0.3 is 18.6 Å². The lowest BCUT2D eigenvalue weighted by Gasteiger charge is -2.18. The molecule has 0 aliphatic rings. The maximum absolute atomic E-state index is 12.4. The van der Waals surface area contributed by atoms with Crippen LogP contribution in [0.1, 0.15) is 26.3 Å². The number of imide groups is 1. The van der Waals surface area contributed by atoms with Crippen LogP contribution in [0.5, 0.6) is 11.5 Å². The van der Waals surface area contributed by atoms with Gasteiger partial charge in [-0.05, 0) is 36.6 Å². The molecule has 0 saturated carbocycles. The summed E-state index contributed by atoms with van der Waals surface area (Å²) in [5.74, 6) is -2.15. The molecular formula is C18H22F2N2O6. The van der Waals surface area contributed by atoms with Crippen molar-refractivity contribution in [1.82, 2.24) is 5.32 Å². The van der Waals surface area contributed by atoms with E-state index in [9.17, 15) is 23.2 Å². The van der Waals surface area contributed by atoms with Crippen LogP contribution >= 0.6 is 0 Å². The Balaban J connectivity index is 2.88. The number of ether oxygens (including phenoxy) is 3. The lowest BCUT2D eigenvalue weighted by molar-refractivity contribution is -0.153. The first kappa shape index (κ1) is 22.9. The van der Waals surface area contributed by atoms with E-state index in [1.54, 1.807) is 20.8 Å². The van der Waals surface area contributed by atoms with Crippen molar-refractivity contribution in [3.05, 3.63) is 29.8 Å². The molecule has 0 unspecified atom stereocenters. The summed E-state index contributed by atoms with van der Waals surface area (Å²) in [4.78, 5) is 34.6. The van der Waals surface area contributed by atoms with Crippen molar-refractivity contribution in [2.75, 3.05) is 6.61 Å². The highest BCUT2D eigenvalue weighted by Gasteiger charge is 2.26. The van der Waals surface area contributed by atoms with Gasteiger partial charge in [-0.3, -0.25) is 10.1 Å². The van der Waals surface area contributed by atoms with Gasteiger partial charge in [-0.15, -0.1) is 0 Å². The molecule has 3 N–H and O–H groups in total. The molecule has 1 atom stereocenters. The number of primary amides is 1. The number of esters is 1. The average molecular weight is 400 g/mol. The minimum Gasteiger partial charge on any atom is -0.490 e. The molecular weight excluding hydrogens is 378 g/mol. The molecule has 8 nitrogen and oxygen atoms in total. The zero-order chi connectivity index (χ0) is 21.3. The van der Waals surface area contributed by atoms with Crippen LogP contribution in [0.2, 0.25) is 0 Å². The van der Waals surface area contributed by atoms with Crippen LogP contribution < -0.4 is 20.5 Å². The van der Waals surface area contributed by atoms with Gasteiger partial charge in [0.1, 0.15) is 0 Å². The minimum atomic E-state index is -3.00. The summed E-state index contributed by atoms with van der Waals surface area (Å²) in [5.41, 5.74) is 5.33. The Morgan fingerprint density at radius 2 is 1.89 bits per heavy atom. The number of alkyl halides is 2. The lowest BCUT2D eigenvalue weighted by atomic mass is 10.1. The van der Waals surface area contributed by atoms with Gasteiger partial charge in [-0.1, -0.05) is 19.9 Å². The third-order valence-corrected chi connectivity index (χ3v) is 3.25. The van der Waals surface area contributed by atoms with Gasteiger partial charge in [-0.2, -0.15) is 8.78 Å². The zero-order valence-corrected chi connectivity index (χ0v) is 15.6. The number of urea groups is 1. The van der Waals surface area contributed by atoms with Gasteiger partial charge in [0.15, 0.2) is 17.6 Å². The van der Waals surface area contributed by atoms with Gasteiger partial charge in [0.25, 0.3) is 5.91 Å². The number of rotatable bonds is 9. The first-order valence-corrected chi connectivity index (χ1v) is 8.34. The molecule has 0 heterocycles. The molecule has 0 aliphatic carbocycles. The highest BCUT2D eigenvalue weighted by molar-refractivity contribution is 5.97. The van der Waals surface area contributed by atoms with Crippen LogP contribution in [0.15, 0.2) is 24.3 Å². The number of benzene rings is 1. The van der Waals surface area contributed by atoms with Crippen molar-refractivity contribution in [3.63, 3.8) is 0 Å². The first-order valence-electron chi connectivity index (χ1n) is 8.34. The fourth-order valence-corrected chi connectivity index (χ4v) is 2.10. The molecule has 0 saturated heterocycles. The van der Waals surface area contributed by atoms with Gasteiger partial charge in [0, 0.05) is 6.08 Å². The van der Waals surface area contributed by atoms with Gasteiger partial charge < -0.3 is 19.9 Å². The quantitative estimate of drug-likeness (QED) is 0.486. The third kappa shape index (κ3) is 7.60. The maximum atomic E-state index is 12.4. The number of halogens is 2. The maximum Gasteiger partial charge on any atom is 0.387 e. The summed E-state index contributed by atoms with van der Waals surface area (Å²) in [6.45, 7) is 2.14. The largest absolute Gasteiger partial charge is 0.490 e. The van der Waals surface area contributed by atoms with Gasteiger partial charge in [0.05, 0.1) is 6.61 Å². The number of amides is 3. The van der Waals surface area contributed by atoms with E-state index in [4.69, 9.17) is 15.2 Å². The van der Waals surface area contributed by atoms with E-state index >= 15 is 0 Å². The summed E-state index contributed by atoms with van der Waals surface area (Å²) in [5, 5.41) is 1.85. The molecule has 0 spiro atoms. The van der Waals surface area contributed by atoms with E-state index in [-0.39, 0.29) is 18.1 Å². The molecule has 1 aromatic carbocycles. The van der Waals surface area contributed by atoms with E-state index in [0.29, 0.717) is 5.56 Å². The summed E-state index contributed by atoms with van der Waals surface area (Å²) in [6, 6.07) is 3.06.